The van der Waals surface area contributed by atoms with E-state index in [4.69, 9.17) is 4.74 Å². The van der Waals surface area contributed by atoms with Crippen LogP contribution in [-0.2, 0) is 17.8 Å². The number of halogens is 1. The molecule has 2 aromatic rings. The van der Waals surface area contributed by atoms with E-state index in [0.717, 1.165) is 23.8 Å². The van der Waals surface area contributed by atoms with Gasteiger partial charge in [0.05, 0.1) is 16.1 Å². The Morgan fingerprint density at radius 3 is 3.00 bits per heavy atom. The highest BCUT2D eigenvalue weighted by molar-refractivity contribution is 9.07. The smallest absolute Gasteiger partial charge is 0.420 e. The first-order chi connectivity index (χ1) is 10.7. The fraction of sp³-hybridized carbons (Fsp3) is 0.278. The Labute approximate surface area is 138 Å². The van der Waals surface area contributed by atoms with Crippen molar-refractivity contribution < 1.29 is 9.53 Å². The summed E-state index contributed by atoms with van der Waals surface area (Å²) in [6.07, 6.45) is 6.09. The quantitative estimate of drug-likeness (QED) is 0.716. The Morgan fingerprint density at radius 2 is 2.18 bits per heavy atom. The van der Waals surface area contributed by atoms with Crippen molar-refractivity contribution >= 4 is 39.1 Å². The number of hydrogen-bond donors (Lipinski definition) is 0. The van der Waals surface area contributed by atoms with Crippen LogP contribution in [0.1, 0.15) is 30.0 Å². The number of amides is 1. The predicted molar refractivity (Wildman–Crippen MR) is 92.8 cm³/mol. The van der Waals surface area contributed by atoms with E-state index in [-0.39, 0.29) is 12.7 Å². The third kappa shape index (κ3) is 2.88. The van der Waals surface area contributed by atoms with Gasteiger partial charge < -0.3 is 4.74 Å². The maximum Gasteiger partial charge on any atom is 0.420 e. The molecule has 3 nitrogen and oxygen atoms in total. The minimum Gasteiger partial charge on any atom is -0.444 e. The Hall–Kier alpha value is -1.81. The van der Waals surface area contributed by atoms with Gasteiger partial charge in [-0.05, 0) is 41.7 Å². The maximum absolute atomic E-state index is 11.9. The predicted octanol–water partition coefficient (Wildman–Crippen LogP) is 5.07. The van der Waals surface area contributed by atoms with E-state index in [1.54, 1.807) is 0 Å². The van der Waals surface area contributed by atoms with Crippen LogP contribution >= 0.6 is 16.1 Å². The number of ether oxygens (including phenoxy) is 1. The molecule has 0 atom stereocenters. The molecule has 1 aliphatic rings. The van der Waals surface area contributed by atoms with Crippen molar-refractivity contribution in [2.45, 2.75) is 26.4 Å². The molecule has 0 radical (unpaired) electrons. The van der Waals surface area contributed by atoms with E-state index >= 15 is 0 Å². The number of carbonyl (C=O) groups excluding carboxylic acids is 1. The second-order valence-corrected chi connectivity index (χ2v) is 6.18. The van der Waals surface area contributed by atoms with Crippen LogP contribution in [0.15, 0.2) is 36.4 Å². The first kappa shape index (κ1) is 15.1. The van der Waals surface area contributed by atoms with Gasteiger partial charge in [-0.15, -0.1) is 0 Å². The molecule has 1 aliphatic carbocycles. The summed E-state index contributed by atoms with van der Waals surface area (Å²) in [6, 6.07) is 10.5. The highest BCUT2D eigenvalue weighted by atomic mass is 79.9. The van der Waals surface area contributed by atoms with Gasteiger partial charge in [0.25, 0.3) is 0 Å². The molecule has 0 aliphatic heterocycles. The van der Waals surface area contributed by atoms with Crippen LogP contribution in [0.3, 0.4) is 0 Å². The van der Waals surface area contributed by atoms with Crippen LogP contribution in [0.5, 0.6) is 0 Å². The van der Waals surface area contributed by atoms with Crippen molar-refractivity contribution in [2.24, 2.45) is 0 Å². The summed E-state index contributed by atoms with van der Waals surface area (Å²) >= 11 is 3.19. The molecule has 0 aromatic heterocycles. The first-order valence-electron chi connectivity index (χ1n) is 7.50. The summed E-state index contributed by atoms with van der Waals surface area (Å²) in [5.41, 5.74) is 3.63. The van der Waals surface area contributed by atoms with Gasteiger partial charge in [0, 0.05) is 12.1 Å². The van der Waals surface area contributed by atoms with Gasteiger partial charge in [-0.3, -0.25) is 0 Å². The van der Waals surface area contributed by atoms with Crippen LogP contribution < -0.4 is 0 Å². The number of carbonyl (C=O) groups is 1. The molecule has 0 fully saturated rings. The Kier molecular flexibility index (Phi) is 4.48. The zero-order valence-electron chi connectivity index (χ0n) is 12.5. The summed E-state index contributed by atoms with van der Waals surface area (Å²) in [7, 11) is 0. The molecule has 114 valence electrons. The molecule has 1 amide bonds. The van der Waals surface area contributed by atoms with Gasteiger partial charge in [-0.2, -0.15) is 0 Å². The van der Waals surface area contributed by atoms with Gasteiger partial charge >= 0.3 is 6.09 Å². The SMILES string of the molecule is CCN(Br)C(=O)OCc1c2c(cc3ccccc13)CCC=C2. The second kappa shape index (κ2) is 6.53. The number of rotatable bonds is 3. The molecule has 22 heavy (non-hydrogen) atoms. The maximum atomic E-state index is 11.9. The third-order valence-corrected chi connectivity index (χ3v) is 4.76. The van der Waals surface area contributed by atoms with Gasteiger partial charge in [-0.1, -0.05) is 42.5 Å². The lowest BCUT2D eigenvalue weighted by Crippen LogP contribution is -2.21. The van der Waals surface area contributed by atoms with Gasteiger partial charge in [-0.25, -0.2) is 8.72 Å². The summed E-state index contributed by atoms with van der Waals surface area (Å²) in [5.74, 6) is 0. The van der Waals surface area contributed by atoms with Crippen molar-refractivity contribution in [3.63, 3.8) is 0 Å². The fourth-order valence-electron chi connectivity index (χ4n) is 2.85. The highest BCUT2D eigenvalue weighted by Gasteiger charge is 2.16. The van der Waals surface area contributed by atoms with E-state index in [2.05, 4.69) is 46.5 Å². The van der Waals surface area contributed by atoms with E-state index in [1.165, 1.54) is 20.4 Å². The highest BCUT2D eigenvalue weighted by Crippen LogP contribution is 2.31. The molecule has 0 heterocycles. The van der Waals surface area contributed by atoms with Crippen LogP contribution in [-0.4, -0.2) is 16.6 Å². The van der Waals surface area contributed by atoms with E-state index in [0.29, 0.717) is 6.54 Å². The molecule has 3 rings (SSSR count). The summed E-state index contributed by atoms with van der Waals surface area (Å²) in [6.45, 7) is 2.74. The number of fused-ring (bicyclic) bond motifs is 2. The third-order valence-electron chi connectivity index (χ3n) is 3.97. The number of hydrogen-bond acceptors (Lipinski definition) is 2. The van der Waals surface area contributed by atoms with Crippen molar-refractivity contribution in [3.05, 3.63) is 53.1 Å². The number of benzene rings is 2. The molecule has 0 unspecified atom stereocenters. The van der Waals surface area contributed by atoms with Crippen molar-refractivity contribution in [3.8, 4) is 0 Å². The van der Waals surface area contributed by atoms with Gasteiger partial charge in [0.1, 0.15) is 6.61 Å². The van der Waals surface area contributed by atoms with Crippen LogP contribution in [0.2, 0.25) is 0 Å². The molecule has 2 aromatic carbocycles. The van der Waals surface area contributed by atoms with E-state index in [1.807, 2.05) is 19.1 Å². The summed E-state index contributed by atoms with van der Waals surface area (Å²) < 4.78 is 6.85. The molecule has 0 N–H and O–H groups in total. The standard InChI is InChI=1S/C18H18BrNO2/c1-2-20(19)18(21)22-12-17-15-9-5-3-7-13(15)11-14-8-4-6-10-16(14)17/h3,5-7,9-11H,2,4,8,12H2,1H3. The van der Waals surface area contributed by atoms with Gasteiger partial charge in [0.2, 0.25) is 0 Å². The lowest BCUT2D eigenvalue weighted by Gasteiger charge is -2.19. The van der Waals surface area contributed by atoms with Crippen molar-refractivity contribution in [2.75, 3.05) is 6.54 Å². The Balaban J connectivity index is 2.00. The van der Waals surface area contributed by atoms with Gasteiger partial charge in [0.15, 0.2) is 0 Å². The summed E-state index contributed by atoms with van der Waals surface area (Å²) in [4.78, 5) is 11.9. The minimum absolute atomic E-state index is 0.287. The second-order valence-electron chi connectivity index (χ2n) is 5.32. The lowest BCUT2D eigenvalue weighted by molar-refractivity contribution is 0.124. The molecule has 0 bridgehead atoms. The van der Waals surface area contributed by atoms with Crippen LogP contribution in [0.4, 0.5) is 4.79 Å². The lowest BCUT2D eigenvalue weighted by atomic mass is 9.89. The average Bonchev–Trinajstić information content (AvgIpc) is 2.57. The summed E-state index contributed by atoms with van der Waals surface area (Å²) in [5, 5.41) is 2.35. The van der Waals surface area contributed by atoms with E-state index < -0.39 is 0 Å². The monoisotopic (exact) mass is 359 g/mol. The van der Waals surface area contributed by atoms with E-state index in [9.17, 15) is 4.79 Å². The molecule has 0 saturated heterocycles. The largest absolute Gasteiger partial charge is 0.444 e. The topological polar surface area (TPSA) is 29.5 Å². The first-order valence-corrected chi connectivity index (χ1v) is 8.21. The zero-order chi connectivity index (χ0) is 15.5. The van der Waals surface area contributed by atoms with Crippen molar-refractivity contribution in [1.29, 1.82) is 0 Å². The Bertz CT molecular complexity index is 739. The minimum atomic E-state index is -0.357. The number of aryl methyl sites for hydroxylation is 1. The molecule has 4 heteroatoms. The molecule has 0 spiro atoms. The van der Waals surface area contributed by atoms with Crippen LogP contribution in [0.25, 0.3) is 16.8 Å². The zero-order valence-corrected chi connectivity index (χ0v) is 14.1. The average molecular weight is 360 g/mol. The van der Waals surface area contributed by atoms with Crippen LogP contribution in [0, 0.1) is 0 Å². The molecular weight excluding hydrogens is 342 g/mol. The number of allylic oxidation sites excluding steroid dienone is 1. The normalized spacial score (nSPS) is 13.0. The molecule has 0 saturated carbocycles. The fourth-order valence-corrected chi connectivity index (χ4v) is 2.95. The number of nitrogens with zero attached hydrogens (tertiary/aromatic N) is 1. The molecular formula is C18H18BrNO2. The Morgan fingerprint density at radius 1 is 1.36 bits per heavy atom. The van der Waals surface area contributed by atoms with Crippen molar-refractivity contribution in [1.82, 2.24) is 3.93 Å².